The predicted molar refractivity (Wildman–Crippen MR) is 109 cm³/mol. The molecule has 2 fully saturated rings. The summed E-state index contributed by atoms with van der Waals surface area (Å²) in [4.78, 5) is 17.0. The van der Waals surface area contributed by atoms with Crippen LogP contribution >= 0.6 is 0 Å². The minimum absolute atomic E-state index is 0.0469. The molecule has 33 heavy (non-hydrogen) atoms. The number of pyridine rings is 1. The molecule has 0 atom stereocenters. The molecule has 0 amide bonds. The van der Waals surface area contributed by atoms with E-state index in [1.54, 1.807) is 12.3 Å². The second-order valence-corrected chi connectivity index (χ2v) is 8.44. The van der Waals surface area contributed by atoms with Gasteiger partial charge in [-0.2, -0.15) is 18.3 Å². The Morgan fingerprint density at radius 3 is 2.52 bits per heavy atom. The third-order valence-corrected chi connectivity index (χ3v) is 5.93. The molecule has 1 spiro atoms. The second kappa shape index (κ2) is 7.96. The highest BCUT2D eigenvalue weighted by atomic mass is 19.4. The lowest BCUT2D eigenvalue weighted by molar-refractivity contribution is -0.154. The summed E-state index contributed by atoms with van der Waals surface area (Å²) in [5.41, 5.74) is 1.67. The number of nitrogens with zero attached hydrogens (tertiary/aromatic N) is 7. The van der Waals surface area contributed by atoms with Gasteiger partial charge >= 0.3 is 6.18 Å². The maximum absolute atomic E-state index is 12.8. The molecule has 5 rings (SSSR count). The van der Waals surface area contributed by atoms with Gasteiger partial charge in [-0.25, -0.2) is 28.4 Å². The molecular weight excluding hydrogens is 449 g/mol. The lowest BCUT2D eigenvalue weighted by Crippen LogP contribution is -2.57. The molecule has 176 valence electrons. The van der Waals surface area contributed by atoms with Crippen LogP contribution in [-0.4, -0.2) is 70.1 Å². The molecule has 2 aliphatic heterocycles. The zero-order valence-corrected chi connectivity index (χ0v) is 17.3. The highest BCUT2D eigenvalue weighted by Crippen LogP contribution is 2.42. The first-order valence-electron chi connectivity index (χ1n) is 10.3. The van der Waals surface area contributed by atoms with Crippen LogP contribution in [0.25, 0.3) is 11.2 Å². The van der Waals surface area contributed by atoms with Crippen molar-refractivity contribution in [3.05, 3.63) is 30.7 Å². The molecule has 3 aromatic heterocycles. The first kappa shape index (κ1) is 21.6. The molecule has 2 aliphatic rings. The molecule has 13 heteroatoms. The Morgan fingerprint density at radius 1 is 1.03 bits per heavy atom. The van der Waals surface area contributed by atoms with Gasteiger partial charge < -0.3 is 14.5 Å². The van der Waals surface area contributed by atoms with Crippen LogP contribution in [0.1, 0.15) is 6.42 Å². The maximum Gasteiger partial charge on any atom is 0.422 e. The van der Waals surface area contributed by atoms with Gasteiger partial charge in [0, 0.05) is 37.7 Å². The minimum Gasteiger partial charge on any atom is -0.468 e. The van der Waals surface area contributed by atoms with Gasteiger partial charge in [0.1, 0.15) is 17.9 Å². The number of ether oxygens (including phenoxy) is 1. The van der Waals surface area contributed by atoms with Crippen molar-refractivity contribution in [2.24, 2.45) is 5.41 Å². The number of hydrogen-bond acceptors (Lipinski definition) is 7. The molecule has 0 unspecified atom stereocenters. The molecule has 0 aromatic carbocycles. The van der Waals surface area contributed by atoms with Crippen LogP contribution in [0.2, 0.25) is 0 Å². The molecule has 0 radical (unpaired) electrons. The van der Waals surface area contributed by atoms with Crippen molar-refractivity contribution in [2.45, 2.75) is 25.6 Å². The van der Waals surface area contributed by atoms with Crippen molar-refractivity contribution >= 4 is 22.7 Å². The fourth-order valence-corrected chi connectivity index (χ4v) is 4.39. The summed E-state index contributed by atoms with van der Waals surface area (Å²) in [6.45, 7) is 1.14. The molecule has 0 bridgehead atoms. The average molecular weight is 469 g/mol. The molecule has 8 nitrogen and oxygen atoms in total. The van der Waals surface area contributed by atoms with Crippen LogP contribution in [0.3, 0.4) is 0 Å². The number of fused-ring (bicyclic) bond motifs is 1. The number of anilines is 2. The van der Waals surface area contributed by atoms with Crippen molar-refractivity contribution in [3.8, 4) is 5.88 Å². The van der Waals surface area contributed by atoms with Gasteiger partial charge in [-0.05, 0) is 12.5 Å². The fraction of sp³-hybridized carbons (Fsp3) is 0.500. The summed E-state index contributed by atoms with van der Waals surface area (Å²) in [7, 11) is 0. The van der Waals surface area contributed by atoms with E-state index in [9.17, 15) is 22.0 Å². The van der Waals surface area contributed by atoms with E-state index < -0.39 is 25.8 Å². The smallest absolute Gasteiger partial charge is 0.422 e. The summed E-state index contributed by atoms with van der Waals surface area (Å²) in [6, 6.07) is 3.13. The quantitative estimate of drug-likeness (QED) is 0.514. The van der Waals surface area contributed by atoms with E-state index in [-0.39, 0.29) is 11.3 Å². The van der Waals surface area contributed by atoms with E-state index in [1.165, 1.54) is 23.1 Å². The maximum atomic E-state index is 12.8. The lowest BCUT2D eigenvalue weighted by atomic mass is 9.79. The zero-order valence-electron chi connectivity index (χ0n) is 17.3. The molecule has 0 N–H and O–H groups in total. The van der Waals surface area contributed by atoms with Crippen molar-refractivity contribution in [1.29, 1.82) is 0 Å². The fourth-order valence-electron chi connectivity index (χ4n) is 4.39. The summed E-state index contributed by atoms with van der Waals surface area (Å²) < 4.78 is 68.2. The third kappa shape index (κ3) is 4.48. The van der Waals surface area contributed by atoms with Crippen LogP contribution in [0, 0.1) is 5.41 Å². The van der Waals surface area contributed by atoms with Crippen LogP contribution < -0.4 is 14.5 Å². The topological polar surface area (TPSA) is 72.2 Å². The van der Waals surface area contributed by atoms with E-state index in [4.69, 9.17) is 0 Å². The van der Waals surface area contributed by atoms with Gasteiger partial charge in [0.05, 0.1) is 24.3 Å². The largest absolute Gasteiger partial charge is 0.468 e. The monoisotopic (exact) mass is 469 g/mol. The van der Waals surface area contributed by atoms with Gasteiger partial charge in [0.25, 0.3) is 6.43 Å². The van der Waals surface area contributed by atoms with Crippen LogP contribution in [0.5, 0.6) is 5.88 Å². The Kier molecular flexibility index (Phi) is 5.20. The van der Waals surface area contributed by atoms with Gasteiger partial charge in [-0.3, -0.25) is 0 Å². The van der Waals surface area contributed by atoms with E-state index in [1.807, 2.05) is 0 Å². The van der Waals surface area contributed by atoms with Crippen molar-refractivity contribution < 1.29 is 26.7 Å². The van der Waals surface area contributed by atoms with Crippen LogP contribution in [-0.2, 0) is 6.54 Å². The lowest BCUT2D eigenvalue weighted by Gasteiger charge is -2.49. The summed E-state index contributed by atoms with van der Waals surface area (Å²) >= 11 is 0. The molecule has 0 aliphatic carbocycles. The number of rotatable bonds is 6. The Morgan fingerprint density at radius 2 is 1.82 bits per heavy atom. The number of aromatic nitrogens is 5. The van der Waals surface area contributed by atoms with Crippen LogP contribution in [0.15, 0.2) is 30.7 Å². The van der Waals surface area contributed by atoms with E-state index in [0.717, 1.165) is 38.3 Å². The van der Waals surface area contributed by atoms with Crippen molar-refractivity contribution in [1.82, 2.24) is 24.7 Å². The van der Waals surface area contributed by atoms with Crippen LogP contribution in [0.4, 0.5) is 33.5 Å². The van der Waals surface area contributed by atoms with Gasteiger partial charge in [-0.1, -0.05) is 0 Å². The normalized spacial score (nSPS) is 17.9. The average Bonchev–Trinajstić information content (AvgIpc) is 3.35. The second-order valence-electron chi connectivity index (χ2n) is 8.44. The van der Waals surface area contributed by atoms with Gasteiger partial charge in [0.2, 0.25) is 5.88 Å². The Labute approximate surface area is 185 Å². The molecule has 0 saturated carbocycles. The molecule has 5 heterocycles. The summed E-state index contributed by atoms with van der Waals surface area (Å²) in [5.74, 6) is 0.556. The summed E-state index contributed by atoms with van der Waals surface area (Å²) in [5, 5.41) is 3.95. The Hall–Kier alpha value is -3.25. The highest BCUT2D eigenvalue weighted by molar-refractivity contribution is 5.71. The number of hydrogen-bond donors (Lipinski definition) is 0. The van der Waals surface area contributed by atoms with Crippen molar-refractivity contribution in [2.75, 3.05) is 42.6 Å². The number of halogens is 5. The Balaban J connectivity index is 1.21. The first-order valence-corrected chi connectivity index (χ1v) is 10.3. The van der Waals surface area contributed by atoms with Gasteiger partial charge in [0.15, 0.2) is 12.3 Å². The predicted octanol–water partition coefficient (Wildman–Crippen LogP) is 3.14. The van der Waals surface area contributed by atoms with E-state index >= 15 is 0 Å². The van der Waals surface area contributed by atoms with Gasteiger partial charge in [-0.15, -0.1) is 0 Å². The van der Waals surface area contributed by atoms with E-state index in [2.05, 4.69) is 34.6 Å². The third-order valence-electron chi connectivity index (χ3n) is 5.93. The highest BCUT2D eigenvalue weighted by Gasteiger charge is 2.48. The molecular formula is C20H20F5N7O. The summed E-state index contributed by atoms with van der Waals surface area (Å²) in [6.07, 6.45) is -1.44. The van der Waals surface area contributed by atoms with E-state index in [0.29, 0.717) is 17.0 Å². The minimum atomic E-state index is -4.41. The van der Waals surface area contributed by atoms with Crippen molar-refractivity contribution in [3.63, 3.8) is 0 Å². The number of alkyl halides is 5. The zero-order chi connectivity index (χ0) is 23.2. The Bertz CT molecular complexity index is 1130. The standard InChI is InChI=1S/C20H20F5N7O/c21-15(22)8-32-18-14(6-28-32)26-7-16(29-18)30-4-3-19(9-30)10-31(11-19)13-1-2-17(27-5-13)33-12-20(23,24)25/h1-2,5-7,15H,3-4,8-12H2. The first-order chi connectivity index (χ1) is 15.7. The molecule has 2 saturated heterocycles. The SMILES string of the molecule is FC(F)Cn1ncc2ncc(N3CCC4(CN(c5ccc(OCC(F)(F)F)nc5)C4)C3)nc21. The molecule has 3 aromatic rings.